The highest BCUT2D eigenvalue weighted by atomic mass is 16.3. The van der Waals surface area contributed by atoms with E-state index in [2.05, 4.69) is 43.4 Å². The number of hydrogen-bond donors (Lipinski definition) is 1. The molecule has 1 aromatic carbocycles. The Morgan fingerprint density at radius 1 is 1.20 bits per heavy atom. The Hall–Kier alpha value is -1.34. The second-order valence-electron chi connectivity index (χ2n) is 4.26. The first kappa shape index (κ1) is 10.2. The summed E-state index contributed by atoms with van der Waals surface area (Å²) < 4.78 is 0. The molecule has 1 aliphatic carbocycles. The molecule has 0 aromatic heterocycles. The third kappa shape index (κ3) is 2.02. The predicted octanol–water partition coefficient (Wildman–Crippen LogP) is 2.95. The van der Waals surface area contributed by atoms with Gasteiger partial charge in [-0.25, -0.2) is 0 Å². The summed E-state index contributed by atoms with van der Waals surface area (Å²) in [5.74, 6) is 0. The number of benzene rings is 1. The number of hydrogen-bond acceptors (Lipinski definition) is 1. The maximum Gasteiger partial charge on any atom is 0.0681 e. The first-order valence-corrected chi connectivity index (χ1v) is 5.29. The summed E-state index contributed by atoms with van der Waals surface area (Å²) in [4.78, 5) is 0. The monoisotopic (exact) mass is 200 g/mol. The van der Waals surface area contributed by atoms with Crippen molar-refractivity contribution in [1.29, 1.82) is 0 Å². The summed E-state index contributed by atoms with van der Waals surface area (Å²) in [5.41, 5.74) is 2.39. The Morgan fingerprint density at radius 2 is 1.93 bits per heavy atom. The minimum absolute atomic E-state index is 0.114. The normalized spacial score (nSPS) is 24.4. The van der Waals surface area contributed by atoms with Crippen LogP contribution in [-0.4, -0.2) is 5.11 Å². The van der Waals surface area contributed by atoms with Crippen LogP contribution in [0.4, 0.5) is 0 Å². The van der Waals surface area contributed by atoms with E-state index in [1.807, 2.05) is 12.1 Å². The zero-order valence-electron chi connectivity index (χ0n) is 8.98. The highest BCUT2D eigenvalue weighted by Gasteiger charge is 2.22. The quantitative estimate of drug-likeness (QED) is 0.778. The number of aliphatic hydroxyl groups excluding tert-OH is 1. The summed E-state index contributed by atoms with van der Waals surface area (Å²) in [5, 5.41) is 8.98. The van der Waals surface area contributed by atoms with Gasteiger partial charge < -0.3 is 5.11 Å². The molecule has 1 nitrogen and oxygen atoms in total. The summed E-state index contributed by atoms with van der Waals surface area (Å²) >= 11 is 0. The lowest BCUT2D eigenvalue weighted by Gasteiger charge is -2.27. The van der Waals surface area contributed by atoms with Crippen LogP contribution in [0, 0.1) is 0 Å². The van der Waals surface area contributed by atoms with Gasteiger partial charge in [0, 0.05) is 5.41 Å². The van der Waals surface area contributed by atoms with Gasteiger partial charge in [0.1, 0.15) is 0 Å². The summed E-state index contributed by atoms with van der Waals surface area (Å²) in [6.07, 6.45) is 9.66. The molecule has 0 bridgehead atoms. The molecule has 0 heterocycles. The third-order valence-corrected chi connectivity index (χ3v) is 3.05. The standard InChI is InChI=1S/C14H16O/c1-14(9-3-2-4-10-14)13-7-5-12(11-15)6-8-13/h2-9,15H,10-11H2,1H3. The Morgan fingerprint density at radius 3 is 2.47 bits per heavy atom. The van der Waals surface area contributed by atoms with Crippen molar-refractivity contribution in [3.8, 4) is 0 Å². The molecule has 1 aromatic rings. The van der Waals surface area contributed by atoms with Crippen LogP contribution >= 0.6 is 0 Å². The van der Waals surface area contributed by atoms with Gasteiger partial charge in [0.05, 0.1) is 6.61 Å². The van der Waals surface area contributed by atoms with Crippen LogP contribution in [0.3, 0.4) is 0 Å². The molecule has 0 saturated carbocycles. The Balaban J connectivity index is 2.29. The minimum Gasteiger partial charge on any atom is -0.392 e. The maximum absolute atomic E-state index is 8.98. The molecular formula is C14H16O. The van der Waals surface area contributed by atoms with Gasteiger partial charge in [-0.05, 0) is 17.5 Å². The van der Waals surface area contributed by atoms with Gasteiger partial charge in [0.15, 0.2) is 0 Å². The van der Waals surface area contributed by atoms with Gasteiger partial charge in [0.25, 0.3) is 0 Å². The van der Waals surface area contributed by atoms with E-state index in [0.29, 0.717) is 0 Å². The van der Waals surface area contributed by atoms with Crippen molar-refractivity contribution in [2.75, 3.05) is 0 Å². The molecule has 1 heteroatoms. The van der Waals surface area contributed by atoms with E-state index in [-0.39, 0.29) is 12.0 Å². The van der Waals surface area contributed by atoms with Crippen molar-refractivity contribution in [3.63, 3.8) is 0 Å². The minimum atomic E-state index is 0.114. The molecule has 1 unspecified atom stereocenters. The lowest BCUT2D eigenvalue weighted by Crippen LogP contribution is -2.19. The summed E-state index contributed by atoms with van der Waals surface area (Å²) in [6.45, 7) is 2.35. The molecule has 0 spiro atoms. The van der Waals surface area contributed by atoms with Crippen LogP contribution in [-0.2, 0) is 12.0 Å². The van der Waals surface area contributed by atoms with Gasteiger partial charge in [-0.1, -0.05) is 55.5 Å². The number of rotatable bonds is 2. The maximum atomic E-state index is 8.98. The highest BCUT2D eigenvalue weighted by Crippen LogP contribution is 2.31. The predicted molar refractivity (Wildman–Crippen MR) is 62.6 cm³/mol. The molecule has 1 aliphatic rings. The largest absolute Gasteiger partial charge is 0.392 e. The van der Waals surface area contributed by atoms with Gasteiger partial charge >= 0.3 is 0 Å². The van der Waals surface area contributed by atoms with Crippen molar-refractivity contribution in [3.05, 3.63) is 59.7 Å². The average Bonchev–Trinajstić information content (AvgIpc) is 2.30. The van der Waals surface area contributed by atoms with E-state index < -0.39 is 0 Å². The lowest BCUT2D eigenvalue weighted by atomic mass is 9.77. The van der Waals surface area contributed by atoms with Crippen LogP contribution in [0.25, 0.3) is 0 Å². The average molecular weight is 200 g/mol. The van der Waals surface area contributed by atoms with E-state index in [1.165, 1.54) is 5.56 Å². The van der Waals surface area contributed by atoms with Crippen LogP contribution < -0.4 is 0 Å². The second kappa shape index (κ2) is 4.03. The van der Waals surface area contributed by atoms with Crippen molar-refractivity contribution < 1.29 is 5.11 Å². The molecular weight excluding hydrogens is 184 g/mol. The second-order valence-corrected chi connectivity index (χ2v) is 4.26. The fourth-order valence-electron chi connectivity index (χ4n) is 1.93. The molecule has 0 radical (unpaired) electrons. The van der Waals surface area contributed by atoms with E-state index >= 15 is 0 Å². The lowest BCUT2D eigenvalue weighted by molar-refractivity contribution is 0.282. The smallest absolute Gasteiger partial charge is 0.0681 e. The van der Waals surface area contributed by atoms with Gasteiger partial charge in [-0.2, -0.15) is 0 Å². The fraction of sp³-hybridized carbons (Fsp3) is 0.286. The zero-order chi connectivity index (χ0) is 10.7. The highest BCUT2D eigenvalue weighted by molar-refractivity contribution is 5.36. The molecule has 0 saturated heterocycles. The van der Waals surface area contributed by atoms with E-state index in [4.69, 9.17) is 5.11 Å². The Bertz CT molecular complexity index is 386. The van der Waals surface area contributed by atoms with Crippen LogP contribution in [0.15, 0.2) is 48.6 Å². The van der Waals surface area contributed by atoms with Crippen molar-refractivity contribution in [2.24, 2.45) is 0 Å². The van der Waals surface area contributed by atoms with E-state index in [0.717, 1.165) is 12.0 Å². The SMILES string of the molecule is CC1(c2ccc(CO)cc2)C=CC=CC1. The van der Waals surface area contributed by atoms with Crippen molar-refractivity contribution in [1.82, 2.24) is 0 Å². The van der Waals surface area contributed by atoms with Crippen molar-refractivity contribution in [2.45, 2.75) is 25.4 Å². The molecule has 0 aliphatic heterocycles. The molecule has 15 heavy (non-hydrogen) atoms. The molecule has 0 amide bonds. The van der Waals surface area contributed by atoms with Crippen molar-refractivity contribution >= 4 is 0 Å². The molecule has 0 fully saturated rings. The first-order valence-electron chi connectivity index (χ1n) is 5.29. The topological polar surface area (TPSA) is 20.2 Å². The molecule has 1 N–H and O–H groups in total. The zero-order valence-corrected chi connectivity index (χ0v) is 8.98. The van der Waals surface area contributed by atoms with Crippen LogP contribution in [0.5, 0.6) is 0 Å². The third-order valence-electron chi connectivity index (χ3n) is 3.05. The molecule has 78 valence electrons. The van der Waals surface area contributed by atoms with Gasteiger partial charge in [-0.15, -0.1) is 0 Å². The van der Waals surface area contributed by atoms with Gasteiger partial charge in [0.2, 0.25) is 0 Å². The Labute approximate surface area is 90.8 Å². The van der Waals surface area contributed by atoms with Crippen LogP contribution in [0.1, 0.15) is 24.5 Å². The van der Waals surface area contributed by atoms with Crippen LogP contribution in [0.2, 0.25) is 0 Å². The van der Waals surface area contributed by atoms with E-state index in [1.54, 1.807) is 0 Å². The Kier molecular flexibility index (Phi) is 2.74. The fourth-order valence-corrected chi connectivity index (χ4v) is 1.93. The number of aliphatic hydroxyl groups is 1. The summed E-state index contributed by atoms with van der Waals surface area (Å²) in [7, 11) is 0. The van der Waals surface area contributed by atoms with Gasteiger partial charge in [-0.3, -0.25) is 0 Å². The van der Waals surface area contributed by atoms with E-state index in [9.17, 15) is 0 Å². The summed E-state index contributed by atoms with van der Waals surface area (Å²) in [6, 6.07) is 8.20. The first-order chi connectivity index (χ1) is 7.24. The molecule has 1 atom stereocenters. The molecule has 2 rings (SSSR count). The number of allylic oxidation sites excluding steroid dienone is 4.